The second-order valence-electron chi connectivity index (χ2n) is 3.50. The number of carbonyl (C=O) groups excluding carboxylic acids is 1. The number of hydrogen-bond donors (Lipinski definition) is 1. The first-order chi connectivity index (χ1) is 9.47. The van der Waals surface area contributed by atoms with Crippen LogP contribution in [0.1, 0.15) is 23.0 Å². The predicted octanol–water partition coefficient (Wildman–Crippen LogP) is 2.47. The third-order valence-corrected chi connectivity index (χ3v) is 2.04. The molecule has 0 atom stereocenters. The van der Waals surface area contributed by atoms with Crippen LogP contribution in [0, 0.1) is 0 Å². The zero-order chi connectivity index (χ0) is 16.4. The topological polar surface area (TPSA) is 68.4 Å². The summed E-state index contributed by atoms with van der Waals surface area (Å²) in [5.74, 6) is -3.21. The molecular formula is C10H7F6NO4. The number of H-pyrrole nitrogens is 1. The third kappa shape index (κ3) is 4.13. The van der Waals surface area contributed by atoms with Crippen LogP contribution in [0.5, 0.6) is 5.75 Å². The van der Waals surface area contributed by atoms with Gasteiger partial charge in [0.05, 0.1) is 6.61 Å². The van der Waals surface area contributed by atoms with E-state index in [0.717, 1.165) is 0 Å². The third-order valence-electron chi connectivity index (χ3n) is 2.04. The van der Waals surface area contributed by atoms with Crippen LogP contribution in [-0.4, -0.2) is 23.9 Å². The first-order valence-electron chi connectivity index (χ1n) is 5.23. The van der Waals surface area contributed by atoms with Gasteiger partial charge in [-0.1, -0.05) is 0 Å². The van der Waals surface area contributed by atoms with Crippen molar-refractivity contribution >= 4 is 5.97 Å². The van der Waals surface area contributed by atoms with E-state index in [0.29, 0.717) is 0 Å². The highest BCUT2D eigenvalue weighted by Crippen LogP contribution is 2.31. The molecule has 0 aliphatic rings. The summed E-state index contributed by atoms with van der Waals surface area (Å²) in [7, 11) is 0. The Balaban J connectivity index is 3.49. The number of rotatable bonds is 3. The molecule has 21 heavy (non-hydrogen) atoms. The van der Waals surface area contributed by atoms with Crippen molar-refractivity contribution in [1.29, 1.82) is 0 Å². The van der Waals surface area contributed by atoms with E-state index in [1.807, 2.05) is 0 Å². The van der Waals surface area contributed by atoms with Crippen LogP contribution in [-0.2, 0) is 10.9 Å². The molecule has 0 fully saturated rings. The standard InChI is InChI=1S/C10H7F6NO4/c1-2-20-8(19)5-6(18)4(21-10(14,15)16)3-17-7(5)9(11,12)13/h3H,2H2,1H3,(H,17,18). The van der Waals surface area contributed by atoms with Gasteiger partial charge >= 0.3 is 18.5 Å². The zero-order valence-electron chi connectivity index (χ0n) is 10.2. The van der Waals surface area contributed by atoms with E-state index < -0.39 is 40.9 Å². The highest BCUT2D eigenvalue weighted by molar-refractivity contribution is 5.91. The number of alkyl halides is 6. The minimum absolute atomic E-state index is 0.0708. The number of halogens is 6. The van der Waals surface area contributed by atoms with Gasteiger partial charge in [-0.25, -0.2) is 4.79 Å². The van der Waals surface area contributed by atoms with Crippen LogP contribution in [0.3, 0.4) is 0 Å². The normalized spacial score (nSPS) is 12.1. The second kappa shape index (κ2) is 5.66. The van der Waals surface area contributed by atoms with Crippen molar-refractivity contribution in [3.05, 3.63) is 27.7 Å². The Kier molecular flexibility index (Phi) is 4.54. The Morgan fingerprint density at radius 1 is 1.24 bits per heavy atom. The van der Waals surface area contributed by atoms with Gasteiger partial charge in [-0.15, -0.1) is 13.2 Å². The number of carbonyl (C=O) groups is 1. The predicted molar refractivity (Wildman–Crippen MR) is 54.7 cm³/mol. The van der Waals surface area contributed by atoms with E-state index >= 15 is 0 Å². The summed E-state index contributed by atoms with van der Waals surface area (Å²) in [5, 5.41) is 0. The number of nitrogens with one attached hydrogen (secondary N) is 1. The summed E-state index contributed by atoms with van der Waals surface area (Å²) in [6.45, 7) is 0.870. The van der Waals surface area contributed by atoms with E-state index in [9.17, 15) is 35.9 Å². The maximum atomic E-state index is 12.7. The quantitative estimate of drug-likeness (QED) is 0.686. The van der Waals surface area contributed by atoms with Crippen LogP contribution in [0.25, 0.3) is 0 Å². The van der Waals surface area contributed by atoms with Gasteiger partial charge in [0, 0.05) is 6.20 Å². The fraction of sp³-hybridized carbons (Fsp3) is 0.400. The Bertz CT molecular complexity index is 589. The fourth-order valence-corrected chi connectivity index (χ4v) is 1.33. The summed E-state index contributed by atoms with van der Waals surface area (Å²) < 4.78 is 81.5. The highest BCUT2D eigenvalue weighted by atomic mass is 19.4. The maximum Gasteiger partial charge on any atom is 0.573 e. The molecule has 1 aromatic heterocycles. The molecule has 0 aromatic carbocycles. The molecule has 1 rings (SSSR count). The van der Waals surface area contributed by atoms with Crippen molar-refractivity contribution in [3.63, 3.8) is 0 Å². The first kappa shape index (κ1) is 16.9. The van der Waals surface area contributed by atoms with Crippen LogP contribution in [0.2, 0.25) is 0 Å². The summed E-state index contributed by atoms with van der Waals surface area (Å²) in [4.78, 5) is 24.4. The minimum atomic E-state index is -5.31. The molecule has 0 spiro atoms. The first-order valence-corrected chi connectivity index (χ1v) is 5.23. The lowest BCUT2D eigenvalue weighted by atomic mass is 10.1. The number of esters is 1. The lowest BCUT2D eigenvalue weighted by Crippen LogP contribution is -2.29. The van der Waals surface area contributed by atoms with Crippen molar-refractivity contribution in [1.82, 2.24) is 4.98 Å². The van der Waals surface area contributed by atoms with Crippen molar-refractivity contribution in [3.8, 4) is 5.75 Å². The smallest absolute Gasteiger partial charge is 0.462 e. The number of pyridine rings is 1. The van der Waals surface area contributed by atoms with E-state index in [1.54, 1.807) is 0 Å². The molecule has 0 unspecified atom stereocenters. The molecule has 1 heterocycles. The number of aromatic nitrogens is 1. The summed E-state index contributed by atoms with van der Waals surface area (Å²) in [6, 6.07) is 0. The Hall–Kier alpha value is -2.20. The van der Waals surface area contributed by atoms with E-state index in [1.165, 1.54) is 11.9 Å². The van der Waals surface area contributed by atoms with Crippen molar-refractivity contribution in [2.75, 3.05) is 6.61 Å². The molecule has 0 saturated heterocycles. The number of aromatic amines is 1. The molecule has 0 bridgehead atoms. The molecule has 11 heteroatoms. The molecule has 0 amide bonds. The molecule has 0 radical (unpaired) electrons. The molecule has 0 aliphatic carbocycles. The van der Waals surface area contributed by atoms with Crippen LogP contribution in [0.15, 0.2) is 11.0 Å². The zero-order valence-corrected chi connectivity index (χ0v) is 10.2. The van der Waals surface area contributed by atoms with Crippen LogP contribution < -0.4 is 10.2 Å². The van der Waals surface area contributed by atoms with Gasteiger partial charge in [0.1, 0.15) is 11.3 Å². The summed E-state index contributed by atoms with van der Waals surface area (Å²) in [6.07, 6.45) is -10.4. The van der Waals surface area contributed by atoms with Gasteiger partial charge < -0.3 is 14.5 Å². The fourth-order valence-electron chi connectivity index (χ4n) is 1.33. The summed E-state index contributed by atoms with van der Waals surface area (Å²) >= 11 is 0. The second-order valence-corrected chi connectivity index (χ2v) is 3.50. The van der Waals surface area contributed by atoms with E-state index in [4.69, 9.17) is 0 Å². The molecule has 0 aliphatic heterocycles. The lowest BCUT2D eigenvalue weighted by molar-refractivity contribution is -0.275. The van der Waals surface area contributed by atoms with Gasteiger partial charge in [0.15, 0.2) is 5.75 Å². The molecule has 118 valence electrons. The monoisotopic (exact) mass is 319 g/mol. The number of ether oxygens (including phenoxy) is 2. The van der Waals surface area contributed by atoms with Gasteiger partial charge in [-0.05, 0) is 6.92 Å². The largest absolute Gasteiger partial charge is 0.573 e. The Labute approximate surface area is 112 Å². The van der Waals surface area contributed by atoms with Crippen LogP contribution in [0.4, 0.5) is 26.3 Å². The van der Waals surface area contributed by atoms with Crippen molar-refractivity contribution in [2.24, 2.45) is 0 Å². The summed E-state index contributed by atoms with van der Waals surface area (Å²) in [5.41, 5.74) is -5.30. The van der Waals surface area contributed by atoms with Crippen molar-refractivity contribution < 1.29 is 40.6 Å². The lowest BCUT2D eigenvalue weighted by Gasteiger charge is -2.14. The van der Waals surface area contributed by atoms with Gasteiger partial charge in [-0.3, -0.25) is 4.79 Å². The van der Waals surface area contributed by atoms with E-state index in [2.05, 4.69) is 9.47 Å². The molecule has 1 aromatic rings. The Morgan fingerprint density at radius 2 is 1.81 bits per heavy atom. The van der Waals surface area contributed by atoms with Crippen molar-refractivity contribution in [2.45, 2.75) is 19.5 Å². The maximum absolute atomic E-state index is 12.7. The molecule has 5 nitrogen and oxygen atoms in total. The SMILES string of the molecule is CCOC(=O)c1c(C(F)(F)F)[nH]cc(OC(F)(F)F)c1=O. The average Bonchev–Trinajstić information content (AvgIpc) is 2.28. The van der Waals surface area contributed by atoms with Gasteiger partial charge in [-0.2, -0.15) is 13.2 Å². The number of hydrogen-bond acceptors (Lipinski definition) is 4. The van der Waals surface area contributed by atoms with Gasteiger partial charge in [0.2, 0.25) is 5.43 Å². The molecule has 1 N–H and O–H groups in total. The average molecular weight is 319 g/mol. The van der Waals surface area contributed by atoms with E-state index in [-0.39, 0.29) is 12.8 Å². The molecule has 0 saturated carbocycles. The highest BCUT2D eigenvalue weighted by Gasteiger charge is 2.40. The van der Waals surface area contributed by atoms with Crippen LogP contribution >= 0.6 is 0 Å². The molecular weight excluding hydrogens is 312 g/mol. The minimum Gasteiger partial charge on any atom is -0.462 e. The Morgan fingerprint density at radius 3 is 2.24 bits per heavy atom. The van der Waals surface area contributed by atoms with Gasteiger partial charge in [0.25, 0.3) is 0 Å².